The van der Waals surface area contributed by atoms with Crippen LogP contribution >= 0.6 is 11.6 Å². The third-order valence-corrected chi connectivity index (χ3v) is 6.14. The maximum atomic E-state index is 13.2. The van der Waals surface area contributed by atoms with Crippen LogP contribution in [0, 0.1) is 0 Å². The van der Waals surface area contributed by atoms with Crippen molar-refractivity contribution >= 4 is 46.0 Å². The molecule has 5 rings (SSSR count). The van der Waals surface area contributed by atoms with Gasteiger partial charge in [0.25, 0.3) is 5.91 Å². The third-order valence-electron chi connectivity index (χ3n) is 5.77. The summed E-state index contributed by atoms with van der Waals surface area (Å²) in [5, 5.41) is 4.01. The Kier molecular flexibility index (Phi) is 6.14. The number of carbonyl (C=O) groups is 2. The van der Waals surface area contributed by atoms with Gasteiger partial charge in [0.1, 0.15) is 5.76 Å². The zero-order valence-electron chi connectivity index (χ0n) is 18.2. The van der Waals surface area contributed by atoms with E-state index < -0.39 is 11.9 Å². The molecule has 1 aliphatic carbocycles. The van der Waals surface area contributed by atoms with Crippen LogP contribution in [0.1, 0.15) is 39.4 Å². The molecule has 0 radical (unpaired) electrons. The average molecular weight is 473 g/mol. The minimum Gasteiger partial charge on any atom is -0.465 e. The number of nitrogens with one attached hydrogen (secondary N) is 1. The topological polar surface area (TPSA) is 81.4 Å². The molecule has 1 aliphatic rings. The Hall–Kier alpha value is -3.90. The summed E-state index contributed by atoms with van der Waals surface area (Å²) in [5.41, 5.74) is 4.55. The molecule has 0 unspecified atom stereocenters. The number of furan rings is 1. The van der Waals surface area contributed by atoms with Gasteiger partial charge in [-0.2, -0.15) is 0 Å². The molecule has 4 aromatic rings. The zero-order valence-corrected chi connectivity index (χ0v) is 19.0. The number of halogens is 1. The van der Waals surface area contributed by atoms with Gasteiger partial charge in [-0.3, -0.25) is 4.79 Å². The fourth-order valence-corrected chi connectivity index (χ4v) is 4.35. The SMILES string of the molecule is O=C(COC(=O)c1c2c(nc3ccccc13)C(=Cc1ccco1)CC2)NCc1ccccc1Cl. The van der Waals surface area contributed by atoms with E-state index >= 15 is 0 Å². The van der Waals surface area contributed by atoms with Gasteiger partial charge in [-0.1, -0.05) is 48.0 Å². The van der Waals surface area contributed by atoms with Gasteiger partial charge in [-0.25, -0.2) is 9.78 Å². The number of fused-ring (bicyclic) bond motifs is 2. The van der Waals surface area contributed by atoms with Gasteiger partial charge in [0.15, 0.2) is 6.61 Å². The summed E-state index contributed by atoms with van der Waals surface area (Å²) in [7, 11) is 0. The molecule has 1 N–H and O–H groups in total. The summed E-state index contributed by atoms with van der Waals surface area (Å²) in [5.74, 6) is -0.208. The number of aromatic nitrogens is 1. The van der Waals surface area contributed by atoms with Crippen molar-refractivity contribution in [3.8, 4) is 0 Å². The van der Waals surface area contributed by atoms with Crippen molar-refractivity contribution in [3.05, 3.63) is 100 Å². The number of hydrogen-bond acceptors (Lipinski definition) is 5. The molecule has 0 fully saturated rings. The Morgan fingerprint density at radius 3 is 2.71 bits per heavy atom. The highest BCUT2D eigenvalue weighted by atomic mass is 35.5. The number of allylic oxidation sites excluding steroid dienone is 1. The molecule has 7 heteroatoms. The normalized spacial score (nSPS) is 13.7. The second kappa shape index (κ2) is 9.53. The minimum atomic E-state index is -0.540. The van der Waals surface area contributed by atoms with Crippen molar-refractivity contribution < 1.29 is 18.7 Å². The number of nitrogens with zero attached hydrogens (tertiary/aromatic N) is 1. The first kappa shape index (κ1) is 21.9. The predicted octanol–water partition coefficient (Wildman–Crippen LogP) is 5.44. The molecule has 0 atom stereocenters. The number of benzene rings is 2. The fraction of sp³-hybridized carbons (Fsp3) is 0.148. The zero-order chi connectivity index (χ0) is 23.5. The molecule has 0 saturated carbocycles. The van der Waals surface area contributed by atoms with Crippen LogP contribution in [0.3, 0.4) is 0 Å². The van der Waals surface area contributed by atoms with Gasteiger partial charge in [0.2, 0.25) is 0 Å². The lowest BCUT2D eigenvalue weighted by atomic mass is 10.0. The van der Waals surface area contributed by atoms with Crippen molar-refractivity contribution in [1.82, 2.24) is 10.3 Å². The Balaban J connectivity index is 1.37. The highest BCUT2D eigenvalue weighted by molar-refractivity contribution is 6.31. The van der Waals surface area contributed by atoms with Crippen molar-refractivity contribution in [1.29, 1.82) is 0 Å². The first-order valence-electron chi connectivity index (χ1n) is 10.9. The van der Waals surface area contributed by atoms with Gasteiger partial charge in [0, 0.05) is 17.0 Å². The van der Waals surface area contributed by atoms with E-state index in [4.69, 9.17) is 25.7 Å². The van der Waals surface area contributed by atoms with Crippen LogP contribution in [0.15, 0.2) is 71.3 Å². The van der Waals surface area contributed by atoms with E-state index in [1.54, 1.807) is 12.3 Å². The summed E-state index contributed by atoms with van der Waals surface area (Å²) in [6.45, 7) is -0.131. The Morgan fingerprint density at radius 2 is 1.88 bits per heavy atom. The molecule has 2 aromatic carbocycles. The van der Waals surface area contributed by atoms with Crippen molar-refractivity contribution in [2.24, 2.45) is 0 Å². The molecule has 2 heterocycles. The molecule has 0 aliphatic heterocycles. The van der Waals surface area contributed by atoms with Gasteiger partial charge in [-0.05, 0) is 59.9 Å². The quantitative estimate of drug-likeness (QED) is 0.378. The predicted molar refractivity (Wildman–Crippen MR) is 130 cm³/mol. The molecule has 6 nitrogen and oxygen atoms in total. The third kappa shape index (κ3) is 4.45. The van der Waals surface area contributed by atoms with Crippen LogP contribution in [0.4, 0.5) is 0 Å². The minimum absolute atomic E-state index is 0.255. The Bertz CT molecular complexity index is 1410. The van der Waals surface area contributed by atoms with Crippen LogP contribution in [0.2, 0.25) is 5.02 Å². The highest BCUT2D eigenvalue weighted by Crippen LogP contribution is 2.37. The monoisotopic (exact) mass is 472 g/mol. The molecule has 34 heavy (non-hydrogen) atoms. The van der Waals surface area contributed by atoms with E-state index in [1.165, 1.54) is 0 Å². The molecule has 0 spiro atoms. The number of amides is 1. The Morgan fingerprint density at radius 1 is 1.06 bits per heavy atom. The van der Waals surface area contributed by atoms with Crippen LogP contribution < -0.4 is 5.32 Å². The van der Waals surface area contributed by atoms with Gasteiger partial charge in [0.05, 0.1) is 23.0 Å². The fourth-order valence-electron chi connectivity index (χ4n) is 4.15. The maximum absolute atomic E-state index is 13.2. The summed E-state index contributed by atoms with van der Waals surface area (Å²) < 4.78 is 10.9. The number of esters is 1. The van der Waals surface area contributed by atoms with Crippen molar-refractivity contribution in [2.45, 2.75) is 19.4 Å². The average Bonchev–Trinajstić information content (AvgIpc) is 3.51. The van der Waals surface area contributed by atoms with Crippen LogP contribution in [-0.2, 0) is 22.5 Å². The van der Waals surface area contributed by atoms with E-state index in [2.05, 4.69) is 5.32 Å². The number of pyridine rings is 1. The number of ether oxygens (including phenoxy) is 1. The Labute approximate surface area is 201 Å². The number of rotatable bonds is 6. The first-order valence-corrected chi connectivity index (χ1v) is 11.3. The standard InChI is InChI=1S/C27H21ClN2O4/c28-22-9-3-1-6-18(22)15-29-24(31)16-34-27(32)25-20-8-2-4-10-23(20)30-26-17(11-12-21(25)26)14-19-7-5-13-33-19/h1-10,13-14H,11-12,15-16H2,(H,29,31). The second-order valence-electron chi connectivity index (χ2n) is 7.96. The molecule has 1 amide bonds. The van der Waals surface area contributed by atoms with E-state index in [-0.39, 0.29) is 13.2 Å². The molecular formula is C27H21ClN2O4. The molecular weight excluding hydrogens is 452 g/mol. The number of hydrogen-bond donors (Lipinski definition) is 1. The second-order valence-corrected chi connectivity index (χ2v) is 8.37. The molecule has 170 valence electrons. The van der Waals surface area contributed by atoms with Crippen LogP contribution in [0.25, 0.3) is 22.6 Å². The van der Waals surface area contributed by atoms with Crippen LogP contribution in [0.5, 0.6) is 0 Å². The van der Waals surface area contributed by atoms with Gasteiger partial charge in [-0.15, -0.1) is 0 Å². The summed E-state index contributed by atoms with van der Waals surface area (Å²) in [4.78, 5) is 30.3. The number of carbonyl (C=O) groups excluding carboxylic acids is 2. The lowest BCUT2D eigenvalue weighted by Crippen LogP contribution is -2.28. The highest BCUT2D eigenvalue weighted by Gasteiger charge is 2.28. The van der Waals surface area contributed by atoms with Gasteiger partial charge >= 0.3 is 5.97 Å². The molecule has 0 saturated heterocycles. The smallest absolute Gasteiger partial charge is 0.339 e. The number of para-hydroxylation sites is 1. The van der Waals surface area contributed by atoms with Gasteiger partial charge < -0.3 is 14.5 Å². The van der Waals surface area contributed by atoms with Crippen LogP contribution in [-0.4, -0.2) is 23.5 Å². The summed E-state index contributed by atoms with van der Waals surface area (Å²) in [6.07, 6.45) is 4.96. The lowest BCUT2D eigenvalue weighted by Gasteiger charge is -2.12. The molecule has 0 bridgehead atoms. The van der Waals surface area contributed by atoms with Crippen molar-refractivity contribution in [3.63, 3.8) is 0 Å². The van der Waals surface area contributed by atoms with E-state index in [9.17, 15) is 9.59 Å². The summed E-state index contributed by atoms with van der Waals surface area (Å²) >= 11 is 6.13. The van der Waals surface area contributed by atoms with E-state index in [0.29, 0.717) is 27.9 Å². The molecule has 2 aromatic heterocycles. The van der Waals surface area contributed by atoms with E-state index in [0.717, 1.165) is 34.6 Å². The summed E-state index contributed by atoms with van der Waals surface area (Å²) in [6, 6.07) is 18.4. The largest absolute Gasteiger partial charge is 0.465 e. The van der Waals surface area contributed by atoms with E-state index in [1.807, 2.05) is 60.7 Å². The lowest BCUT2D eigenvalue weighted by molar-refractivity contribution is -0.124. The first-order chi connectivity index (χ1) is 16.6. The maximum Gasteiger partial charge on any atom is 0.339 e. The van der Waals surface area contributed by atoms with Crippen molar-refractivity contribution in [2.75, 3.05) is 6.61 Å².